The van der Waals surface area contributed by atoms with Gasteiger partial charge in [-0.2, -0.15) is 12.7 Å². The number of hydrogen-bond donors (Lipinski definition) is 3. The molecule has 8 heteroatoms. The Balaban J connectivity index is 2.49. The van der Waals surface area contributed by atoms with Crippen LogP contribution in [0.1, 0.15) is 12.0 Å². The van der Waals surface area contributed by atoms with E-state index in [1.54, 1.807) is 12.1 Å². The molecule has 0 saturated heterocycles. The maximum absolute atomic E-state index is 11.9. The number of nitrogens with zero attached hydrogens (tertiary/aromatic N) is 1. The van der Waals surface area contributed by atoms with E-state index in [1.807, 2.05) is 18.2 Å². The standard InChI is InChI=1S/C12H18N2O5S/c1-14(9-10-5-3-2-4-6-10)20(18,19)13-8-7-11(15)12(16)17/h2-6,11,13,15H,7-9H2,1H3,(H,16,17). The van der Waals surface area contributed by atoms with E-state index in [9.17, 15) is 13.2 Å². The minimum absolute atomic E-state index is 0.144. The van der Waals surface area contributed by atoms with Crippen molar-refractivity contribution >= 4 is 16.2 Å². The maximum Gasteiger partial charge on any atom is 0.332 e. The number of carbonyl (C=O) groups is 1. The van der Waals surface area contributed by atoms with Crippen molar-refractivity contribution in [2.45, 2.75) is 19.1 Å². The molecule has 0 fully saturated rings. The van der Waals surface area contributed by atoms with E-state index >= 15 is 0 Å². The molecule has 0 radical (unpaired) electrons. The highest BCUT2D eigenvalue weighted by Crippen LogP contribution is 2.05. The maximum atomic E-state index is 11.9. The Morgan fingerprint density at radius 3 is 2.50 bits per heavy atom. The minimum atomic E-state index is -3.70. The first-order chi connectivity index (χ1) is 9.33. The Kier molecular flexibility index (Phi) is 6.08. The molecular formula is C12H18N2O5S. The van der Waals surface area contributed by atoms with Crippen LogP contribution in [0.25, 0.3) is 0 Å². The van der Waals surface area contributed by atoms with E-state index in [2.05, 4.69) is 4.72 Å². The molecule has 1 aromatic carbocycles. The molecule has 1 aromatic rings. The summed E-state index contributed by atoms with van der Waals surface area (Å²) in [6.45, 7) is 0.0621. The summed E-state index contributed by atoms with van der Waals surface area (Å²) in [5.41, 5.74) is 0.839. The fourth-order valence-electron chi connectivity index (χ4n) is 1.48. The fraction of sp³-hybridized carbons (Fsp3) is 0.417. The molecule has 0 bridgehead atoms. The Morgan fingerprint density at radius 2 is 1.95 bits per heavy atom. The van der Waals surface area contributed by atoms with Crippen LogP contribution in [0.2, 0.25) is 0 Å². The molecule has 1 atom stereocenters. The fourth-order valence-corrected chi connectivity index (χ4v) is 2.40. The summed E-state index contributed by atoms with van der Waals surface area (Å²) in [4.78, 5) is 10.4. The molecule has 1 rings (SSSR count). The van der Waals surface area contributed by atoms with Crippen molar-refractivity contribution in [3.05, 3.63) is 35.9 Å². The highest BCUT2D eigenvalue weighted by Gasteiger charge is 2.19. The van der Waals surface area contributed by atoms with Gasteiger partial charge in [-0.15, -0.1) is 0 Å². The zero-order chi connectivity index (χ0) is 15.2. The first kappa shape index (κ1) is 16.6. The molecule has 112 valence electrons. The smallest absolute Gasteiger partial charge is 0.332 e. The van der Waals surface area contributed by atoms with E-state index in [4.69, 9.17) is 10.2 Å². The van der Waals surface area contributed by atoms with Gasteiger partial charge < -0.3 is 10.2 Å². The van der Waals surface area contributed by atoms with Gasteiger partial charge in [-0.05, 0) is 12.0 Å². The Hall–Kier alpha value is -1.48. The summed E-state index contributed by atoms with van der Waals surface area (Å²) in [7, 11) is -2.28. The zero-order valence-corrected chi connectivity index (χ0v) is 11.9. The van der Waals surface area contributed by atoms with E-state index in [0.29, 0.717) is 0 Å². The second kappa shape index (κ2) is 7.34. The first-order valence-electron chi connectivity index (χ1n) is 5.98. The van der Waals surface area contributed by atoms with Gasteiger partial charge in [-0.3, -0.25) is 0 Å². The molecule has 0 amide bonds. The molecule has 0 heterocycles. The van der Waals surface area contributed by atoms with Gasteiger partial charge in [0.1, 0.15) is 0 Å². The molecule has 7 nitrogen and oxygen atoms in total. The van der Waals surface area contributed by atoms with Crippen molar-refractivity contribution in [2.24, 2.45) is 0 Å². The molecule has 3 N–H and O–H groups in total. The van der Waals surface area contributed by atoms with E-state index in [0.717, 1.165) is 9.87 Å². The number of benzene rings is 1. The SMILES string of the molecule is CN(Cc1ccccc1)S(=O)(=O)NCCC(O)C(=O)O. The van der Waals surface area contributed by atoms with Gasteiger partial charge in [-0.1, -0.05) is 30.3 Å². The second-order valence-corrected chi connectivity index (χ2v) is 6.15. The van der Waals surface area contributed by atoms with Crippen LogP contribution in [0, 0.1) is 0 Å². The van der Waals surface area contributed by atoms with Crippen LogP contribution in [0.5, 0.6) is 0 Å². The van der Waals surface area contributed by atoms with E-state index in [1.165, 1.54) is 7.05 Å². The third-order valence-electron chi connectivity index (χ3n) is 2.65. The van der Waals surface area contributed by atoms with Gasteiger partial charge in [0.15, 0.2) is 6.10 Å². The Bertz CT molecular complexity index is 532. The number of rotatable bonds is 8. The van der Waals surface area contributed by atoms with Crippen LogP contribution in [-0.4, -0.2) is 48.6 Å². The predicted octanol–water partition coefficient (Wildman–Crippen LogP) is -0.212. The summed E-state index contributed by atoms with van der Waals surface area (Å²) in [5.74, 6) is -1.37. The third kappa shape index (κ3) is 5.25. The molecule has 20 heavy (non-hydrogen) atoms. The van der Waals surface area contributed by atoms with Crippen LogP contribution in [-0.2, 0) is 21.5 Å². The number of nitrogens with one attached hydrogen (secondary N) is 1. The number of carboxylic acid groups (broad SMARTS) is 1. The average Bonchev–Trinajstić information content (AvgIpc) is 2.39. The van der Waals surface area contributed by atoms with Gasteiger partial charge in [0.25, 0.3) is 10.2 Å². The highest BCUT2D eigenvalue weighted by atomic mass is 32.2. The van der Waals surface area contributed by atoms with Crippen LogP contribution in [0.3, 0.4) is 0 Å². The molecule has 0 aliphatic heterocycles. The predicted molar refractivity (Wildman–Crippen MR) is 73.1 cm³/mol. The highest BCUT2D eigenvalue weighted by molar-refractivity contribution is 7.87. The Labute approximate surface area is 118 Å². The average molecular weight is 302 g/mol. The number of carboxylic acids is 1. The van der Waals surface area contributed by atoms with Gasteiger partial charge in [-0.25, -0.2) is 9.52 Å². The lowest BCUT2D eigenvalue weighted by atomic mass is 10.2. The molecule has 0 aliphatic rings. The van der Waals surface area contributed by atoms with Gasteiger partial charge >= 0.3 is 5.97 Å². The van der Waals surface area contributed by atoms with Crippen molar-refractivity contribution in [2.75, 3.05) is 13.6 Å². The lowest BCUT2D eigenvalue weighted by Gasteiger charge is -2.18. The minimum Gasteiger partial charge on any atom is -0.479 e. The molecule has 0 aromatic heterocycles. The van der Waals surface area contributed by atoms with E-state index < -0.39 is 22.3 Å². The van der Waals surface area contributed by atoms with Crippen LogP contribution < -0.4 is 4.72 Å². The Morgan fingerprint density at radius 1 is 1.35 bits per heavy atom. The van der Waals surface area contributed by atoms with Crippen molar-refractivity contribution in [1.29, 1.82) is 0 Å². The second-order valence-electron chi connectivity index (χ2n) is 4.28. The first-order valence-corrected chi connectivity index (χ1v) is 7.42. The van der Waals surface area contributed by atoms with Crippen molar-refractivity contribution < 1.29 is 23.4 Å². The lowest BCUT2D eigenvalue weighted by molar-refractivity contribution is -0.146. The van der Waals surface area contributed by atoms with E-state index in [-0.39, 0.29) is 19.5 Å². The summed E-state index contributed by atoms with van der Waals surface area (Å²) >= 11 is 0. The topological polar surface area (TPSA) is 107 Å². The molecular weight excluding hydrogens is 284 g/mol. The summed E-state index contributed by atoms with van der Waals surface area (Å²) in [6, 6.07) is 9.07. The quantitative estimate of drug-likeness (QED) is 0.616. The number of aliphatic carboxylic acids is 1. The van der Waals surface area contributed by atoms with Gasteiger partial charge in [0.05, 0.1) is 0 Å². The van der Waals surface area contributed by atoms with Crippen molar-refractivity contribution in [3.63, 3.8) is 0 Å². The van der Waals surface area contributed by atoms with Crippen LogP contribution >= 0.6 is 0 Å². The molecule has 1 unspecified atom stereocenters. The third-order valence-corrected chi connectivity index (χ3v) is 4.16. The summed E-state index contributed by atoms with van der Waals surface area (Å²) in [5, 5.41) is 17.5. The lowest BCUT2D eigenvalue weighted by Crippen LogP contribution is -2.39. The number of hydrogen-bond acceptors (Lipinski definition) is 4. The van der Waals surface area contributed by atoms with Gasteiger partial charge in [0.2, 0.25) is 0 Å². The van der Waals surface area contributed by atoms with Crippen molar-refractivity contribution in [3.8, 4) is 0 Å². The molecule has 0 saturated carbocycles. The van der Waals surface area contributed by atoms with Gasteiger partial charge in [0, 0.05) is 20.1 Å². The van der Waals surface area contributed by atoms with Crippen LogP contribution in [0.4, 0.5) is 0 Å². The number of aliphatic hydroxyl groups is 1. The molecule has 0 spiro atoms. The summed E-state index contributed by atoms with van der Waals surface area (Å²) in [6.07, 6.45) is -1.76. The van der Waals surface area contributed by atoms with Crippen molar-refractivity contribution in [1.82, 2.24) is 9.03 Å². The summed E-state index contributed by atoms with van der Waals surface area (Å²) < 4.78 is 27.1. The zero-order valence-electron chi connectivity index (χ0n) is 11.1. The number of aliphatic hydroxyl groups excluding tert-OH is 1. The largest absolute Gasteiger partial charge is 0.479 e. The van der Waals surface area contributed by atoms with Crippen LogP contribution in [0.15, 0.2) is 30.3 Å². The molecule has 0 aliphatic carbocycles. The monoisotopic (exact) mass is 302 g/mol. The normalized spacial score (nSPS) is 13.3.